The molecule has 1 aromatic heterocycles. The Kier molecular flexibility index (Phi) is 8.10. The normalized spacial score (nSPS) is 19.9. The maximum Gasteiger partial charge on any atom is 0.225 e. The zero-order valence-corrected chi connectivity index (χ0v) is 26.6. The maximum atomic E-state index is 15.6. The molecule has 0 spiro atoms. The van der Waals surface area contributed by atoms with Gasteiger partial charge in [-0.3, -0.25) is 4.79 Å². The van der Waals surface area contributed by atoms with Gasteiger partial charge in [0.1, 0.15) is 23.4 Å². The second-order valence-electron chi connectivity index (χ2n) is 13.4. The number of piperidine rings is 1. The lowest BCUT2D eigenvalue weighted by Gasteiger charge is -2.43. The highest BCUT2D eigenvalue weighted by atomic mass is 19.1. The van der Waals surface area contributed by atoms with Gasteiger partial charge in [0, 0.05) is 49.6 Å². The van der Waals surface area contributed by atoms with E-state index in [0.717, 1.165) is 36.3 Å². The number of anilines is 3. The Balaban J connectivity index is 1.20. The number of hydrogen-bond donors (Lipinski definition) is 1. The Morgan fingerprint density at radius 1 is 1.04 bits per heavy atom. The second kappa shape index (κ2) is 11.9. The summed E-state index contributed by atoms with van der Waals surface area (Å²) < 4.78 is 30.2. The fourth-order valence-electron chi connectivity index (χ4n) is 6.88. The number of nitrogens with zero attached hydrogens (tertiary/aromatic N) is 4. The second-order valence-corrected chi connectivity index (χ2v) is 13.4. The van der Waals surface area contributed by atoms with E-state index in [2.05, 4.69) is 32.3 Å². The molecule has 0 bridgehead atoms. The Morgan fingerprint density at radius 2 is 1.78 bits per heavy atom. The first-order valence-electron chi connectivity index (χ1n) is 15.7. The van der Waals surface area contributed by atoms with Crippen molar-refractivity contribution >= 4 is 23.1 Å². The van der Waals surface area contributed by atoms with Crippen LogP contribution in [0.1, 0.15) is 63.4 Å². The van der Waals surface area contributed by atoms with Gasteiger partial charge in [0.05, 0.1) is 16.8 Å². The fourth-order valence-corrected chi connectivity index (χ4v) is 6.88. The van der Waals surface area contributed by atoms with Crippen LogP contribution in [-0.4, -0.2) is 35.9 Å². The Bertz CT molecular complexity index is 1690. The third kappa shape index (κ3) is 6.02. The maximum absolute atomic E-state index is 15.6. The van der Waals surface area contributed by atoms with Crippen LogP contribution in [0, 0.1) is 17.2 Å². The van der Waals surface area contributed by atoms with Gasteiger partial charge >= 0.3 is 0 Å². The molecule has 6 rings (SSSR count). The van der Waals surface area contributed by atoms with Crippen molar-refractivity contribution in [2.45, 2.75) is 58.8 Å². The molecule has 8 heteroatoms. The molecule has 0 radical (unpaired) electrons. The van der Waals surface area contributed by atoms with Crippen LogP contribution in [0.3, 0.4) is 0 Å². The van der Waals surface area contributed by atoms with E-state index >= 15 is 4.39 Å². The molecule has 2 aliphatic heterocycles. The number of benzene rings is 3. The topological polar surface area (TPSA) is 61.4 Å². The summed E-state index contributed by atoms with van der Waals surface area (Å²) in [6.07, 6.45) is 5.44. The number of ketones is 1. The van der Waals surface area contributed by atoms with Crippen LogP contribution in [-0.2, 0) is 16.9 Å². The summed E-state index contributed by atoms with van der Waals surface area (Å²) in [6.45, 7) is 8.36. The Morgan fingerprint density at radius 3 is 2.44 bits per heavy atom. The van der Waals surface area contributed by atoms with Gasteiger partial charge in [-0.1, -0.05) is 62.4 Å². The lowest BCUT2D eigenvalue weighted by molar-refractivity contribution is -0.132. The first-order valence-corrected chi connectivity index (χ1v) is 15.7. The highest BCUT2D eigenvalue weighted by Gasteiger charge is 2.43. The number of carbonyl (C=O) groups is 1. The summed E-state index contributed by atoms with van der Waals surface area (Å²) in [5.41, 5.74) is 3.31. The number of aromatic nitrogens is 2. The number of carbonyl (C=O) groups excluding carboxylic acids is 1. The summed E-state index contributed by atoms with van der Waals surface area (Å²) in [4.78, 5) is 27.0. The van der Waals surface area contributed by atoms with E-state index in [1.54, 1.807) is 24.5 Å². The molecule has 2 aliphatic rings. The minimum Gasteiger partial charge on any atom is -0.360 e. The zero-order chi connectivity index (χ0) is 31.9. The van der Waals surface area contributed by atoms with E-state index in [9.17, 15) is 9.18 Å². The number of fused-ring (bicyclic) bond motifs is 1. The van der Waals surface area contributed by atoms with Crippen LogP contribution in [0.2, 0.25) is 0 Å². The highest BCUT2D eigenvalue weighted by Crippen LogP contribution is 2.43. The van der Waals surface area contributed by atoms with Gasteiger partial charge in [-0.2, -0.15) is 0 Å². The summed E-state index contributed by atoms with van der Waals surface area (Å²) in [6, 6.07) is 20.8. The molecule has 234 valence electrons. The highest BCUT2D eigenvalue weighted by molar-refractivity contribution is 5.87. The van der Waals surface area contributed by atoms with Crippen molar-refractivity contribution in [3.63, 3.8) is 0 Å². The number of rotatable bonds is 8. The van der Waals surface area contributed by atoms with Crippen LogP contribution in [0.4, 0.5) is 26.1 Å². The van der Waals surface area contributed by atoms with Crippen molar-refractivity contribution in [1.82, 2.24) is 9.97 Å². The predicted molar refractivity (Wildman–Crippen MR) is 177 cm³/mol. The third-order valence-corrected chi connectivity index (χ3v) is 9.30. The van der Waals surface area contributed by atoms with Crippen molar-refractivity contribution in [3.05, 3.63) is 102 Å². The van der Waals surface area contributed by atoms with Crippen LogP contribution in [0.15, 0.2) is 79.1 Å². The summed E-state index contributed by atoms with van der Waals surface area (Å²) in [7, 11) is 1.88. The number of hydrogen-bond acceptors (Lipinski definition) is 6. The molecule has 1 fully saturated rings. The minimum atomic E-state index is -1.47. The number of halogens is 2. The van der Waals surface area contributed by atoms with Gasteiger partial charge in [-0.15, -0.1) is 0 Å². The minimum absolute atomic E-state index is 0.0667. The molecule has 2 atom stereocenters. The molecule has 3 aromatic carbocycles. The fraction of sp³-hybridized carbons (Fsp3) is 0.378. The third-order valence-electron chi connectivity index (χ3n) is 9.30. The standard InChI is InChI=1S/C37H41F2N5O/c1-24(2)33(45)37(20-25-10-7-6-8-11-25)16-9-17-44(23-37)35-40-21-27(22-41-35)26-12-14-29(30(38)18-26)34-42-31-15-13-28(36(3,4)39)19-32(31)43(34)5/h6-8,10-15,18-19,21-22,24,34,42H,9,16-17,20,23H2,1-5H3. The van der Waals surface area contributed by atoms with Crippen LogP contribution in [0.25, 0.3) is 11.1 Å². The van der Waals surface area contributed by atoms with Gasteiger partial charge in [-0.05, 0) is 68.0 Å². The first-order chi connectivity index (χ1) is 21.4. The molecule has 6 nitrogen and oxygen atoms in total. The SMILES string of the molecule is CC(C)C(=O)C1(Cc2ccccc2)CCCN(c2ncc(-c3ccc(C4Nc5ccc(C(C)(C)F)cc5N4C)c(F)c3)cn2)C1. The van der Waals surface area contributed by atoms with Gasteiger partial charge in [0.25, 0.3) is 0 Å². The van der Waals surface area contributed by atoms with Crippen molar-refractivity contribution in [1.29, 1.82) is 0 Å². The van der Waals surface area contributed by atoms with E-state index in [1.165, 1.54) is 19.9 Å². The van der Waals surface area contributed by atoms with Crippen LogP contribution < -0.4 is 15.1 Å². The molecule has 2 unspecified atom stereocenters. The molecule has 0 aliphatic carbocycles. The van der Waals surface area contributed by atoms with Crippen molar-refractivity contribution in [2.75, 3.05) is 35.3 Å². The van der Waals surface area contributed by atoms with Crippen molar-refractivity contribution in [2.24, 2.45) is 11.3 Å². The number of nitrogens with one attached hydrogen (secondary N) is 1. The summed E-state index contributed by atoms with van der Waals surface area (Å²) >= 11 is 0. The molecule has 3 heterocycles. The van der Waals surface area contributed by atoms with Gasteiger partial charge in [0.2, 0.25) is 5.95 Å². The van der Waals surface area contributed by atoms with Gasteiger partial charge < -0.3 is 15.1 Å². The van der Waals surface area contributed by atoms with E-state index in [1.807, 2.05) is 62.2 Å². The number of Topliss-reactive ketones (excluding diaryl/α,β-unsaturated/α-hetero) is 1. The molecule has 1 N–H and O–H groups in total. The molecule has 1 saturated heterocycles. The zero-order valence-electron chi connectivity index (χ0n) is 26.6. The van der Waals surface area contributed by atoms with E-state index in [4.69, 9.17) is 0 Å². The molecule has 0 amide bonds. The predicted octanol–water partition coefficient (Wildman–Crippen LogP) is 8.10. The van der Waals surface area contributed by atoms with Crippen LogP contribution >= 0.6 is 0 Å². The molecular weight excluding hydrogens is 568 g/mol. The lowest BCUT2D eigenvalue weighted by atomic mass is 9.69. The van der Waals surface area contributed by atoms with E-state index in [0.29, 0.717) is 41.2 Å². The van der Waals surface area contributed by atoms with Crippen LogP contribution in [0.5, 0.6) is 0 Å². The molecule has 45 heavy (non-hydrogen) atoms. The van der Waals surface area contributed by atoms with Gasteiger partial charge in [-0.25, -0.2) is 18.7 Å². The molecular formula is C37H41F2N5O. The largest absolute Gasteiger partial charge is 0.360 e. The van der Waals surface area contributed by atoms with Gasteiger partial charge in [0.15, 0.2) is 0 Å². The molecule has 0 saturated carbocycles. The Hall–Kier alpha value is -4.33. The average molecular weight is 610 g/mol. The van der Waals surface area contributed by atoms with E-state index in [-0.39, 0.29) is 17.5 Å². The monoisotopic (exact) mass is 609 g/mol. The smallest absolute Gasteiger partial charge is 0.225 e. The Labute approximate surface area is 264 Å². The van der Waals surface area contributed by atoms with Crippen molar-refractivity contribution in [3.8, 4) is 11.1 Å². The average Bonchev–Trinajstić information content (AvgIpc) is 3.36. The van der Waals surface area contributed by atoms with E-state index < -0.39 is 17.2 Å². The van der Waals surface area contributed by atoms with Crippen molar-refractivity contribution < 1.29 is 13.6 Å². The quantitative estimate of drug-likeness (QED) is 0.218. The first kappa shape index (κ1) is 30.7. The summed E-state index contributed by atoms with van der Waals surface area (Å²) in [5, 5.41) is 3.37. The summed E-state index contributed by atoms with van der Waals surface area (Å²) in [5.74, 6) is 0.437. The molecule has 4 aromatic rings. The number of alkyl halides is 1. The lowest BCUT2D eigenvalue weighted by Crippen LogP contribution is -2.51.